The van der Waals surface area contributed by atoms with Gasteiger partial charge in [0.2, 0.25) is 11.8 Å². The number of hydrogen-bond donors (Lipinski definition) is 1. The fourth-order valence-electron chi connectivity index (χ4n) is 4.56. The molecule has 3 atom stereocenters. The van der Waals surface area contributed by atoms with Gasteiger partial charge in [0.05, 0.1) is 31.7 Å². The van der Waals surface area contributed by atoms with Gasteiger partial charge in [0.25, 0.3) is 0 Å². The zero-order valence-corrected chi connectivity index (χ0v) is 17.7. The van der Waals surface area contributed by atoms with E-state index >= 15 is 0 Å². The van der Waals surface area contributed by atoms with Crippen LogP contribution in [0.4, 0.5) is 0 Å². The maximum atomic E-state index is 12.8. The van der Waals surface area contributed by atoms with Crippen LogP contribution in [0, 0.1) is 11.8 Å². The molecule has 2 fully saturated rings. The quantitative estimate of drug-likeness (QED) is 0.755. The van der Waals surface area contributed by atoms with Gasteiger partial charge in [-0.1, -0.05) is 37.0 Å². The Bertz CT molecular complexity index is 994. The minimum Gasteiger partial charge on any atom is -0.394 e. The monoisotopic (exact) mass is 417 g/mol. The number of amides is 2. The van der Waals surface area contributed by atoms with Gasteiger partial charge >= 0.3 is 0 Å². The van der Waals surface area contributed by atoms with E-state index < -0.39 is 0 Å². The number of unbranched alkanes of at least 4 members (excludes halogenated alkanes) is 1. The van der Waals surface area contributed by atoms with Gasteiger partial charge < -0.3 is 14.9 Å². The van der Waals surface area contributed by atoms with Crippen molar-refractivity contribution in [1.29, 1.82) is 0 Å². The molecular weight excluding hydrogens is 390 g/mol. The van der Waals surface area contributed by atoms with Gasteiger partial charge in [-0.05, 0) is 35.7 Å². The zero-order valence-electron chi connectivity index (χ0n) is 17.7. The predicted molar refractivity (Wildman–Crippen MR) is 117 cm³/mol. The van der Waals surface area contributed by atoms with Crippen LogP contribution < -0.4 is 0 Å². The van der Waals surface area contributed by atoms with Crippen molar-refractivity contribution in [2.75, 3.05) is 19.7 Å². The number of fused-ring (bicyclic) bond motifs is 1. The Morgan fingerprint density at radius 2 is 2.06 bits per heavy atom. The van der Waals surface area contributed by atoms with Crippen LogP contribution in [-0.4, -0.2) is 63.5 Å². The van der Waals surface area contributed by atoms with Crippen molar-refractivity contribution in [1.82, 2.24) is 14.8 Å². The lowest BCUT2D eigenvalue weighted by atomic mass is 9.73. The second kappa shape index (κ2) is 9.32. The van der Waals surface area contributed by atoms with E-state index in [1.54, 1.807) is 28.3 Å². The lowest BCUT2D eigenvalue weighted by Gasteiger charge is -2.58. The van der Waals surface area contributed by atoms with Gasteiger partial charge in [0, 0.05) is 36.8 Å². The van der Waals surface area contributed by atoms with Crippen LogP contribution in [0.1, 0.15) is 42.4 Å². The van der Waals surface area contributed by atoms with Crippen molar-refractivity contribution in [3.63, 3.8) is 0 Å². The minimum atomic E-state index is -0.245. The number of aromatic nitrogens is 1. The standard InChI is InChI=1S/C25H27N3O3/c1-2-3-4-6-18-8-10-20(11-9-18)25-21-15-27(16-24(31)28(21)22(25)17-29)23(30)13-19-7-5-12-26-14-19/h5,7-12,14,21-22,25,29H,2-3,13,15-17H2,1H3/t21-,22+,25+/m0/s1. The molecule has 2 aliphatic heterocycles. The van der Waals surface area contributed by atoms with E-state index in [2.05, 4.69) is 23.7 Å². The zero-order chi connectivity index (χ0) is 21.8. The highest BCUT2D eigenvalue weighted by Crippen LogP contribution is 2.42. The molecule has 6 heteroatoms. The molecule has 0 aliphatic carbocycles. The maximum Gasteiger partial charge on any atom is 0.242 e. The number of rotatable bonds is 5. The Balaban J connectivity index is 1.49. The number of carbonyl (C=O) groups is 2. The van der Waals surface area contributed by atoms with Crippen LogP contribution in [-0.2, 0) is 16.0 Å². The van der Waals surface area contributed by atoms with E-state index in [4.69, 9.17) is 0 Å². The lowest BCUT2D eigenvalue weighted by Crippen LogP contribution is -2.73. The second-order valence-electron chi connectivity index (χ2n) is 8.13. The number of piperazine rings is 1. The summed E-state index contributed by atoms with van der Waals surface area (Å²) in [5.74, 6) is 6.13. The van der Waals surface area contributed by atoms with Crippen molar-refractivity contribution < 1.29 is 14.7 Å². The summed E-state index contributed by atoms with van der Waals surface area (Å²) in [6, 6.07) is 11.3. The van der Waals surface area contributed by atoms with Crippen LogP contribution in [0.2, 0.25) is 0 Å². The third-order valence-electron chi connectivity index (χ3n) is 6.09. The number of hydrogen-bond acceptors (Lipinski definition) is 4. The highest BCUT2D eigenvalue weighted by atomic mass is 16.3. The smallest absolute Gasteiger partial charge is 0.242 e. The average Bonchev–Trinajstić information content (AvgIpc) is 2.77. The number of aliphatic hydroxyl groups is 1. The molecule has 1 aromatic heterocycles. The molecule has 2 saturated heterocycles. The molecule has 1 N–H and O–H groups in total. The van der Waals surface area contributed by atoms with E-state index in [9.17, 15) is 14.7 Å². The summed E-state index contributed by atoms with van der Waals surface area (Å²) in [6.45, 7) is 2.55. The maximum absolute atomic E-state index is 12.8. The number of aliphatic hydroxyl groups excluding tert-OH is 1. The third-order valence-corrected chi connectivity index (χ3v) is 6.09. The Hall–Kier alpha value is -3.17. The first kappa shape index (κ1) is 21.1. The summed E-state index contributed by atoms with van der Waals surface area (Å²) in [7, 11) is 0. The third kappa shape index (κ3) is 4.33. The normalized spacial score (nSPS) is 22.3. The Kier molecular flexibility index (Phi) is 6.34. The summed E-state index contributed by atoms with van der Waals surface area (Å²) >= 11 is 0. The summed E-state index contributed by atoms with van der Waals surface area (Å²) < 4.78 is 0. The molecule has 1 aromatic carbocycles. The first-order chi connectivity index (χ1) is 15.1. The van der Waals surface area contributed by atoms with E-state index in [1.165, 1.54) is 0 Å². The molecule has 0 saturated carbocycles. The highest BCUT2D eigenvalue weighted by molar-refractivity contribution is 5.88. The second-order valence-corrected chi connectivity index (χ2v) is 8.13. The van der Waals surface area contributed by atoms with Gasteiger partial charge in [0.1, 0.15) is 0 Å². The molecule has 0 spiro atoms. The van der Waals surface area contributed by atoms with Gasteiger partial charge in [0.15, 0.2) is 0 Å². The average molecular weight is 418 g/mol. The molecule has 0 unspecified atom stereocenters. The van der Waals surface area contributed by atoms with Crippen molar-refractivity contribution in [2.45, 2.75) is 44.2 Å². The van der Waals surface area contributed by atoms with Gasteiger partial charge in [-0.25, -0.2) is 0 Å². The molecule has 160 valence electrons. The number of carbonyl (C=O) groups excluding carboxylic acids is 2. The topological polar surface area (TPSA) is 73.7 Å². The predicted octanol–water partition coefficient (Wildman–Crippen LogP) is 1.97. The number of nitrogens with zero attached hydrogens (tertiary/aromatic N) is 3. The minimum absolute atomic E-state index is 0.000549. The van der Waals surface area contributed by atoms with E-state index in [0.29, 0.717) is 6.54 Å². The SMILES string of the molecule is CCCC#Cc1ccc([C@H]2[C@@H](CO)N3C(=O)CN(C(=O)Cc4cccnc4)C[C@@H]23)cc1. The summed E-state index contributed by atoms with van der Waals surface area (Å²) in [5, 5.41) is 9.94. The molecule has 2 aliphatic rings. The van der Waals surface area contributed by atoms with Crippen LogP contribution >= 0.6 is 0 Å². The van der Waals surface area contributed by atoms with Gasteiger partial charge in [-0.15, -0.1) is 0 Å². The van der Waals surface area contributed by atoms with Crippen molar-refractivity contribution >= 4 is 11.8 Å². The summed E-state index contributed by atoms with van der Waals surface area (Å²) in [5.41, 5.74) is 2.86. The van der Waals surface area contributed by atoms with Crippen molar-refractivity contribution in [3.8, 4) is 11.8 Å². The van der Waals surface area contributed by atoms with Crippen LogP contribution in [0.15, 0.2) is 48.8 Å². The number of pyridine rings is 1. The first-order valence-electron chi connectivity index (χ1n) is 10.8. The van der Waals surface area contributed by atoms with Gasteiger partial charge in [-0.3, -0.25) is 14.6 Å². The van der Waals surface area contributed by atoms with Crippen LogP contribution in [0.25, 0.3) is 0 Å². The Labute approximate surface area is 182 Å². The molecule has 3 heterocycles. The van der Waals surface area contributed by atoms with Crippen LogP contribution in [0.3, 0.4) is 0 Å². The van der Waals surface area contributed by atoms with E-state index in [1.807, 2.05) is 30.3 Å². The fraction of sp³-hybridized carbons (Fsp3) is 0.400. The molecule has 6 nitrogen and oxygen atoms in total. The highest BCUT2D eigenvalue weighted by Gasteiger charge is 2.54. The Morgan fingerprint density at radius 1 is 1.26 bits per heavy atom. The largest absolute Gasteiger partial charge is 0.394 e. The van der Waals surface area contributed by atoms with Crippen LogP contribution in [0.5, 0.6) is 0 Å². The molecule has 2 aromatic rings. The molecule has 4 rings (SSSR count). The molecule has 2 amide bonds. The Morgan fingerprint density at radius 3 is 2.74 bits per heavy atom. The molecule has 0 bridgehead atoms. The van der Waals surface area contributed by atoms with Crippen molar-refractivity contribution in [3.05, 3.63) is 65.5 Å². The lowest BCUT2D eigenvalue weighted by molar-refractivity contribution is -0.166. The molecule has 31 heavy (non-hydrogen) atoms. The number of benzene rings is 1. The van der Waals surface area contributed by atoms with E-state index in [0.717, 1.165) is 29.5 Å². The summed E-state index contributed by atoms with van der Waals surface area (Å²) in [4.78, 5) is 33.0. The van der Waals surface area contributed by atoms with E-state index in [-0.39, 0.29) is 49.4 Å². The fourth-order valence-corrected chi connectivity index (χ4v) is 4.56. The van der Waals surface area contributed by atoms with Crippen molar-refractivity contribution in [2.24, 2.45) is 0 Å². The first-order valence-corrected chi connectivity index (χ1v) is 10.8. The summed E-state index contributed by atoms with van der Waals surface area (Å²) in [6.07, 6.45) is 5.48. The molecule has 0 radical (unpaired) electrons. The molecular formula is C25H27N3O3. The van der Waals surface area contributed by atoms with Gasteiger partial charge in [-0.2, -0.15) is 0 Å².